The van der Waals surface area contributed by atoms with E-state index in [1.165, 1.54) is 44.3 Å². The Morgan fingerprint density at radius 1 is 1.12 bits per heavy atom. The van der Waals surface area contributed by atoms with Crippen molar-refractivity contribution in [3.8, 4) is 0 Å². The van der Waals surface area contributed by atoms with Crippen LogP contribution in [0.1, 0.15) is 59.3 Å². The second kappa shape index (κ2) is 8.39. The van der Waals surface area contributed by atoms with Gasteiger partial charge >= 0.3 is 0 Å². The Balaban J connectivity index is 1.85. The van der Waals surface area contributed by atoms with Crippen molar-refractivity contribution in [2.75, 3.05) is 18.1 Å². The molecule has 0 bridgehead atoms. The summed E-state index contributed by atoms with van der Waals surface area (Å²) in [5.74, 6) is 2.00. The number of rotatable bonds is 9. The SMILES string of the molecule is CCCCCCCCSC[C@@H]1COC(C)(C)O1. The summed E-state index contributed by atoms with van der Waals surface area (Å²) in [7, 11) is 0. The summed E-state index contributed by atoms with van der Waals surface area (Å²) >= 11 is 2.01. The van der Waals surface area contributed by atoms with Crippen molar-refractivity contribution in [1.82, 2.24) is 0 Å². The van der Waals surface area contributed by atoms with E-state index in [0.29, 0.717) is 6.10 Å². The van der Waals surface area contributed by atoms with E-state index in [9.17, 15) is 0 Å². The molecule has 0 radical (unpaired) electrons. The van der Waals surface area contributed by atoms with Crippen LogP contribution in [0, 0.1) is 0 Å². The Kier molecular flexibility index (Phi) is 7.56. The molecule has 0 aromatic carbocycles. The Morgan fingerprint density at radius 3 is 2.47 bits per heavy atom. The third-order valence-corrected chi connectivity index (χ3v) is 4.20. The Hall–Kier alpha value is 0.270. The third-order valence-electron chi connectivity index (χ3n) is 3.01. The maximum atomic E-state index is 5.77. The molecule has 1 saturated heterocycles. The first-order valence-corrected chi connectivity index (χ1v) is 8.19. The molecule has 0 aliphatic carbocycles. The van der Waals surface area contributed by atoms with Crippen LogP contribution in [0.5, 0.6) is 0 Å². The molecule has 0 unspecified atom stereocenters. The number of thioether (sulfide) groups is 1. The van der Waals surface area contributed by atoms with Gasteiger partial charge in [-0.05, 0) is 26.0 Å². The van der Waals surface area contributed by atoms with Crippen LogP contribution in [-0.4, -0.2) is 30.0 Å². The lowest BCUT2D eigenvalue weighted by atomic mass is 10.1. The van der Waals surface area contributed by atoms with Crippen molar-refractivity contribution < 1.29 is 9.47 Å². The summed E-state index contributed by atoms with van der Waals surface area (Å²) < 4.78 is 11.3. The highest BCUT2D eigenvalue weighted by Crippen LogP contribution is 2.24. The predicted octanol–water partition coefficient (Wildman–Crippen LogP) is 4.23. The van der Waals surface area contributed by atoms with Crippen molar-refractivity contribution in [3.63, 3.8) is 0 Å². The Bertz CT molecular complexity index is 195. The zero-order chi connectivity index (χ0) is 12.6. The normalized spacial score (nSPS) is 23.1. The molecule has 1 atom stereocenters. The van der Waals surface area contributed by atoms with Gasteiger partial charge in [-0.2, -0.15) is 11.8 Å². The van der Waals surface area contributed by atoms with Gasteiger partial charge in [0.25, 0.3) is 0 Å². The van der Waals surface area contributed by atoms with Crippen LogP contribution in [0.3, 0.4) is 0 Å². The maximum absolute atomic E-state index is 5.77. The van der Waals surface area contributed by atoms with Gasteiger partial charge in [0.05, 0.1) is 12.7 Å². The molecule has 0 aromatic heterocycles. The first-order valence-electron chi connectivity index (χ1n) is 7.03. The first kappa shape index (κ1) is 15.3. The molecule has 17 heavy (non-hydrogen) atoms. The topological polar surface area (TPSA) is 18.5 Å². The summed E-state index contributed by atoms with van der Waals surface area (Å²) in [6.07, 6.45) is 8.60. The second-order valence-electron chi connectivity index (χ2n) is 5.29. The van der Waals surface area contributed by atoms with Crippen molar-refractivity contribution in [2.24, 2.45) is 0 Å². The standard InChI is InChI=1S/C14H28O2S/c1-4-5-6-7-8-9-10-17-12-13-11-15-14(2,3)16-13/h13H,4-12H2,1-3H3/t13-/m0/s1. The molecular weight excluding hydrogens is 232 g/mol. The highest BCUT2D eigenvalue weighted by molar-refractivity contribution is 7.99. The van der Waals surface area contributed by atoms with Crippen LogP contribution < -0.4 is 0 Å². The van der Waals surface area contributed by atoms with Gasteiger partial charge in [0, 0.05) is 5.75 Å². The van der Waals surface area contributed by atoms with Crippen LogP contribution in [0.2, 0.25) is 0 Å². The van der Waals surface area contributed by atoms with E-state index in [2.05, 4.69) is 6.92 Å². The molecule has 1 fully saturated rings. The van der Waals surface area contributed by atoms with Crippen LogP contribution in [-0.2, 0) is 9.47 Å². The molecular formula is C14H28O2S. The van der Waals surface area contributed by atoms with Crippen molar-refractivity contribution >= 4 is 11.8 Å². The molecule has 0 aromatic rings. The fourth-order valence-corrected chi connectivity index (χ4v) is 3.05. The fraction of sp³-hybridized carbons (Fsp3) is 1.00. The van der Waals surface area contributed by atoms with Crippen LogP contribution in [0.25, 0.3) is 0 Å². The molecule has 1 heterocycles. The Labute approximate surface area is 111 Å². The minimum absolute atomic E-state index is 0.301. The highest BCUT2D eigenvalue weighted by atomic mass is 32.2. The number of ether oxygens (including phenoxy) is 2. The van der Waals surface area contributed by atoms with E-state index >= 15 is 0 Å². The van der Waals surface area contributed by atoms with E-state index in [1.807, 2.05) is 25.6 Å². The molecule has 0 amide bonds. The van der Waals surface area contributed by atoms with Crippen molar-refractivity contribution in [1.29, 1.82) is 0 Å². The average molecular weight is 260 g/mol. The fourth-order valence-electron chi connectivity index (χ4n) is 2.04. The predicted molar refractivity (Wildman–Crippen MR) is 75.6 cm³/mol. The summed E-state index contributed by atoms with van der Waals surface area (Å²) in [5.41, 5.74) is 0. The van der Waals surface area contributed by atoms with Gasteiger partial charge in [-0.25, -0.2) is 0 Å². The van der Waals surface area contributed by atoms with Gasteiger partial charge in [0.1, 0.15) is 0 Å². The molecule has 1 aliphatic heterocycles. The van der Waals surface area contributed by atoms with Gasteiger partial charge in [0.2, 0.25) is 0 Å². The summed E-state index contributed by atoms with van der Waals surface area (Å²) in [4.78, 5) is 0. The number of hydrogen-bond donors (Lipinski definition) is 0. The minimum atomic E-state index is -0.356. The van der Waals surface area contributed by atoms with Gasteiger partial charge in [-0.3, -0.25) is 0 Å². The van der Waals surface area contributed by atoms with Gasteiger partial charge in [-0.1, -0.05) is 39.0 Å². The lowest BCUT2D eigenvalue weighted by Gasteiger charge is -2.16. The summed E-state index contributed by atoms with van der Waals surface area (Å²) in [6.45, 7) is 7.01. The molecule has 102 valence electrons. The average Bonchev–Trinajstić information content (AvgIpc) is 2.62. The van der Waals surface area contributed by atoms with Gasteiger partial charge in [-0.15, -0.1) is 0 Å². The molecule has 2 nitrogen and oxygen atoms in total. The maximum Gasteiger partial charge on any atom is 0.163 e. The summed E-state index contributed by atoms with van der Waals surface area (Å²) in [5, 5.41) is 0. The third kappa shape index (κ3) is 7.32. The lowest BCUT2D eigenvalue weighted by molar-refractivity contribution is -0.135. The van der Waals surface area contributed by atoms with Gasteiger partial charge < -0.3 is 9.47 Å². The number of hydrogen-bond acceptors (Lipinski definition) is 3. The number of unbranched alkanes of at least 4 members (excludes halogenated alkanes) is 5. The van der Waals surface area contributed by atoms with Crippen LogP contribution in [0.4, 0.5) is 0 Å². The van der Waals surface area contributed by atoms with Crippen LogP contribution in [0.15, 0.2) is 0 Å². The van der Waals surface area contributed by atoms with Crippen molar-refractivity contribution in [2.45, 2.75) is 71.2 Å². The molecule has 0 spiro atoms. The van der Waals surface area contributed by atoms with E-state index in [4.69, 9.17) is 9.47 Å². The molecule has 3 heteroatoms. The second-order valence-corrected chi connectivity index (χ2v) is 6.44. The zero-order valence-corrected chi connectivity index (χ0v) is 12.5. The molecule has 0 N–H and O–H groups in total. The molecule has 0 saturated carbocycles. The van der Waals surface area contributed by atoms with E-state index < -0.39 is 0 Å². The monoisotopic (exact) mass is 260 g/mol. The van der Waals surface area contributed by atoms with Crippen molar-refractivity contribution in [3.05, 3.63) is 0 Å². The smallest absolute Gasteiger partial charge is 0.163 e. The summed E-state index contributed by atoms with van der Waals surface area (Å²) in [6, 6.07) is 0. The highest BCUT2D eigenvalue weighted by Gasteiger charge is 2.32. The zero-order valence-electron chi connectivity index (χ0n) is 11.7. The largest absolute Gasteiger partial charge is 0.348 e. The van der Waals surface area contributed by atoms with Crippen LogP contribution >= 0.6 is 11.8 Å². The van der Waals surface area contributed by atoms with E-state index in [1.54, 1.807) is 0 Å². The minimum Gasteiger partial charge on any atom is -0.348 e. The van der Waals surface area contributed by atoms with E-state index in [0.717, 1.165) is 12.4 Å². The first-order chi connectivity index (χ1) is 8.14. The molecule has 1 rings (SSSR count). The lowest BCUT2D eigenvalue weighted by Crippen LogP contribution is -2.22. The van der Waals surface area contributed by atoms with E-state index in [-0.39, 0.29) is 5.79 Å². The quantitative estimate of drug-likeness (QED) is 0.578. The Morgan fingerprint density at radius 2 is 1.82 bits per heavy atom. The van der Waals surface area contributed by atoms with Gasteiger partial charge in [0.15, 0.2) is 5.79 Å². The molecule has 1 aliphatic rings.